The molecule has 4 rings (SSSR count). The molecule has 1 heterocycles. The lowest BCUT2D eigenvalue weighted by molar-refractivity contribution is 0.0697. The minimum atomic E-state index is -3.60. The second kappa shape index (κ2) is 9.79. The second-order valence-corrected chi connectivity index (χ2v) is 10.3. The number of nitrogens with one attached hydrogen (secondary N) is 1. The molecule has 0 radical (unpaired) electrons. The van der Waals surface area contributed by atoms with Crippen LogP contribution in [0.1, 0.15) is 31.8 Å². The number of carbonyl (C=O) groups is 2. The van der Waals surface area contributed by atoms with Crippen LogP contribution in [0, 0.1) is 13.8 Å². The monoisotopic (exact) mass is 477 g/mol. The molecule has 1 saturated heterocycles. The Morgan fingerprint density at radius 3 is 2.09 bits per heavy atom. The third-order valence-corrected chi connectivity index (χ3v) is 7.87. The molecule has 0 bridgehead atoms. The molecule has 0 aromatic heterocycles. The standard InChI is InChI=1S/C26H27N3O4S/c1-19-8-12-23(13-9-19)34(32,33)29-16-14-28(15-17-29)26(31)22-11-10-20(2)24(18-22)27-25(30)21-6-4-3-5-7-21/h3-13,18H,14-17H2,1-2H3,(H,27,30). The zero-order valence-corrected chi connectivity index (χ0v) is 20.0. The van der Waals surface area contributed by atoms with Crippen molar-refractivity contribution in [3.05, 3.63) is 95.1 Å². The van der Waals surface area contributed by atoms with Crippen molar-refractivity contribution in [1.29, 1.82) is 0 Å². The summed E-state index contributed by atoms with van der Waals surface area (Å²) in [5.74, 6) is -0.439. The van der Waals surface area contributed by atoms with Crippen molar-refractivity contribution < 1.29 is 18.0 Å². The van der Waals surface area contributed by atoms with Gasteiger partial charge < -0.3 is 10.2 Å². The van der Waals surface area contributed by atoms with Crippen molar-refractivity contribution in [2.45, 2.75) is 18.7 Å². The number of anilines is 1. The van der Waals surface area contributed by atoms with Crippen LogP contribution >= 0.6 is 0 Å². The Morgan fingerprint density at radius 2 is 1.44 bits per heavy atom. The number of carbonyl (C=O) groups excluding carboxylic acids is 2. The van der Waals surface area contributed by atoms with E-state index in [4.69, 9.17) is 0 Å². The molecule has 3 aromatic rings. The van der Waals surface area contributed by atoms with E-state index in [9.17, 15) is 18.0 Å². The van der Waals surface area contributed by atoms with Crippen molar-refractivity contribution in [2.24, 2.45) is 0 Å². The van der Waals surface area contributed by atoms with Crippen molar-refractivity contribution in [3.8, 4) is 0 Å². The Morgan fingerprint density at radius 1 is 0.794 bits per heavy atom. The van der Waals surface area contributed by atoms with Crippen molar-refractivity contribution >= 4 is 27.5 Å². The Kier molecular flexibility index (Phi) is 6.81. The number of sulfonamides is 1. The normalized spacial score (nSPS) is 14.6. The number of rotatable bonds is 5. The summed E-state index contributed by atoms with van der Waals surface area (Å²) >= 11 is 0. The summed E-state index contributed by atoms with van der Waals surface area (Å²) in [6.45, 7) is 4.82. The highest BCUT2D eigenvalue weighted by Gasteiger charge is 2.30. The molecule has 0 unspecified atom stereocenters. The number of aryl methyl sites for hydroxylation is 2. The number of nitrogens with zero attached hydrogens (tertiary/aromatic N) is 2. The Balaban J connectivity index is 1.43. The van der Waals surface area contributed by atoms with Gasteiger partial charge >= 0.3 is 0 Å². The molecule has 0 atom stereocenters. The van der Waals surface area contributed by atoms with Crippen molar-refractivity contribution in [2.75, 3.05) is 31.5 Å². The van der Waals surface area contributed by atoms with Gasteiger partial charge in [0.1, 0.15) is 0 Å². The first-order chi connectivity index (χ1) is 16.3. The molecule has 1 aliphatic rings. The SMILES string of the molecule is Cc1ccc(S(=O)(=O)N2CCN(C(=O)c3ccc(C)c(NC(=O)c4ccccc4)c3)CC2)cc1. The summed E-state index contributed by atoms with van der Waals surface area (Å²) in [7, 11) is -3.60. The number of hydrogen-bond acceptors (Lipinski definition) is 4. The van der Waals surface area contributed by atoms with Gasteiger partial charge in [0.15, 0.2) is 0 Å². The maximum absolute atomic E-state index is 13.1. The largest absolute Gasteiger partial charge is 0.336 e. The van der Waals surface area contributed by atoms with E-state index in [0.29, 0.717) is 29.9 Å². The predicted molar refractivity (Wildman–Crippen MR) is 131 cm³/mol. The van der Waals surface area contributed by atoms with Crippen LogP contribution in [-0.2, 0) is 10.0 Å². The zero-order valence-electron chi connectivity index (χ0n) is 19.2. The lowest BCUT2D eigenvalue weighted by Gasteiger charge is -2.34. The summed E-state index contributed by atoms with van der Waals surface area (Å²) < 4.78 is 27.3. The Hall–Kier alpha value is -3.49. The first-order valence-corrected chi connectivity index (χ1v) is 12.5. The van der Waals surface area contributed by atoms with Gasteiger partial charge in [0.05, 0.1) is 4.90 Å². The van der Waals surface area contributed by atoms with Crippen LogP contribution in [0.4, 0.5) is 5.69 Å². The second-order valence-electron chi connectivity index (χ2n) is 8.36. The fourth-order valence-electron chi connectivity index (χ4n) is 3.85. The molecule has 0 aliphatic carbocycles. The maximum atomic E-state index is 13.1. The summed E-state index contributed by atoms with van der Waals surface area (Å²) in [5, 5.41) is 2.88. The minimum Gasteiger partial charge on any atom is -0.336 e. The van der Waals surface area contributed by atoms with E-state index in [0.717, 1.165) is 11.1 Å². The van der Waals surface area contributed by atoms with E-state index in [2.05, 4.69) is 5.32 Å². The molecule has 7 nitrogen and oxygen atoms in total. The van der Waals surface area contributed by atoms with E-state index >= 15 is 0 Å². The van der Waals surface area contributed by atoms with E-state index < -0.39 is 10.0 Å². The highest BCUT2D eigenvalue weighted by molar-refractivity contribution is 7.89. The molecular weight excluding hydrogens is 450 g/mol. The molecule has 1 N–H and O–H groups in total. The topological polar surface area (TPSA) is 86.8 Å². The molecule has 0 spiro atoms. The average molecular weight is 478 g/mol. The number of benzene rings is 3. The van der Waals surface area contributed by atoms with E-state index in [-0.39, 0.29) is 29.8 Å². The third-order valence-electron chi connectivity index (χ3n) is 5.95. The van der Waals surface area contributed by atoms with Crippen molar-refractivity contribution in [3.63, 3.8) is 0 Å². The lowest BCUT2D eigenvalue weighted by Crippen LogP contribution is -2.50. The van der Waals surface area contributed by atoms with Gasteiger partial charge in [-0.05, 0) is 55.8 Å². The number of amides is 2. The van der Waals surface area contributed by atoms with Gasteiger partial charge in [0.2, 0.25) is 10.0 Å². The number of piperazine rings is 1. The van der Waals surface area contributed by atoms with Gasteiger partial charge in [-0.15, -0.1) is 0 Å². The molecule has 2 amide bonds. The summed E-state index contributed by atoms with van der Waals surface area (Å²) in [5.41, 5.74) is 3.38. The van der Waals surface area contributed by atoms with E-state index in [1.54, 1.807) is 71.6 Å². The van der Waals surface area contributed by atoms with Gasteiger partial charge in [-0.1, -0.05) is 42.0 Å². The first kappa shape index (κ1) is 23.7. The Labute approximate surface area is 200 Å². The summed E-state index contributed by atoms with van der Waals surface area (Å²) in [6, 6.07) is 20.8. The third kappa shape index (κ3) is 5.03. The predicted octanol–water partition coefficient (Wildman–Crippen LogP) is 3.70. The minimum absolute atomic E-state index is 0.192. The average Bonchev–Trinajstić information content (AvgIpc) is 2.86. The molecule has 1 aliphatic heterocycles. The smallest absolute Gasteiger partial charge is 0.255 e. The van der Waals surface area contributed by atoms with Gasteiger partial charge in [-0.2, -0.15) is 4.31 Å². The number of hydrogen-bond donors (Lipinski definition) is 1. The molecule has 1 fully saturated rings. The quantitative estimate of drug-likeness (QED) is 0.607. The molecule has 8 heteroatoms. The van der Waals surface area contributed by atoms with Gasteiger partial charge in [0.25, 0.3) is 11.8 Å². The fourth-order valence-corrected chi connectivity index (χ4v) is 5.27. The van der Waals surface area contributed by atoms with Crippen LogP contribution in [0.15, 0.2) is 77.7 Å². The van der Waals surface area contributed by atoms with Crippen molar-refractivity contribution in [1.82, 2.24) is 9.21 Å². The van der Waals surface area contributed by atoms with Gasteiger partial charge in [-0.25, -0.2) is 8.42 Å². The summed E-state index contributed by atoms with van der Waals surface area (Å²) in [4.78, 5) is 27.6. The van der Waals surface area contributed by atoms with E-state index in [1.165, 1.54) is 4.31 Å². The van der Waals surface area contributed by atoms with Crippen LogP contribution in [0.2, 0.25) is 0 Å². The van der Waals surface area contributed by atoms with Crippen LogP contribution in [0.25, 0.3) is 0 Å². The van der Waals surface area contributed by atoms with E-state index in [1.807, 2.05) is 19.9 Å². The molecule has 3 aromatic carbocycles. The fraction of sp³-hybridized carbons (Fsp3) is 0.231. The molecule has 0 saturated carbocycles. The molecule has 176 valence electrons. The zero-order chi connectivity index (χ0) is 24.3. The molecular formula is C26H27N3O4S. The van der Waals surface area contributed by atoms with Crippen LogP contribution in [-0.4, -0.2) is 55.6 Å². The highest BCUT2D eigenvalue weighted by Crippen LogP contribution is 2.22. The van der Waals surface area contributed by atoms with Gasteiger partial charge in [-0.3, -0.25) is 9.59 Å². The van der Waals surface area contributed by atoms with Crippen LogP contribution < -0.4 is 5.32 Å². The van der Waals surface area contributed by atoms with Gasteiger partial charge in [0, 0.05) is 43.0 Å². The van der Waals surface area contributed by atoms with Crippen LogP contribution in [0.5, 0.6) is 0 Å². The highest BCUT2D eigenvalue weighted by atomic mass is 32.2. The van der Waals surface area contributed by atoms with Crippen LogP contribution in [0.3, 0.4) is 0 Å². The summed E-state index contributed by atoms with van der Waals surface area (Å²) in [6.07, 6.45) is 0. The maximum Gasteiger partial charge on any atom is 0.255 e. The molecule has 34 heavy (non-hydrogen) atoms. The Bertz CT molecular complexity index is 1300. The first-order valence-electron chi connectivity index (χ1n) is 11.1. The lowest BCUT2D eigenvalue weighted by atomic mass is 10.1.